The molecule has 0 bridgehead atoms. The highest BCUT2D eigenvalue weighted by Gasteiger charge is 2.20. The first-order valence-electron chi connectivity index (χ1n) is 6.30. The molecule has 0 spiro atoms. The van der Waals surface area contributed by atoms with E-state index in [1.54, 1.807) is 12.1 Å². The van der Waals surface area contributed by atoms with Gasteiger partial charge in [-0.15, -0.1) is 10.2 Å². The zero-order chi connectivity index (χ0) is 13.2. The number of nitrogens with zero attached hydrogens (tertiary/aromatic N) is 2. The van der Waals surface area contributed by atoms with Gasteiger partial charge in [-0.05, 0) is 25.0 Å². The third-order valence-corrected chi connectivity index (χ3v) is 4.00. The Morgan fingerprint density at radius 3 is 2.58 bits per heavy atom. The van der Waals surface area contributed by atoms with E-state index in [4.69, 9.17) is 0 Å². The lowest BCUT2D eigenvalue weighted by molar-refractivity contribution is 0.451. The van der Waals surface area contributed by atoms with E-state index >= 15 is 0 Å². The fraction of sp³-hybridized carbons (Fsp3) is 0.385. The summed E-state index contributed by atoms with van der Waals surface area (Å²) in [7, 11) is 0. The summed E-state index contributed by atoms with van der Waals surface area (Å²) >= 11 is 1.49. The molecule has 100 valence electrons. The van der Waals surface area contributed by atoms with E-state index in [9.17, 15) is 10.2 Å². The van der Waals surface area contributed by atoms with Crippen LogP contribution in [-0.4, -0.2) is 33.0 Å². The molecule has 0 radical (unpaired) electrons. The van der Waals surface area contributed by atoms with Gasteiger partial charge in [-0.3, -0.25) is 0 Å². The van der Waals surface area contributed by atoms with Crippen LogP contribution in [0.3, 0.4) is 0 Å². The van der Waals surface area contributed by atoms with Gasteiger partial charge in [0.05, 0.1) is 0 Å². The molecule has 1 aromatic heterocycles. The molecule has 0 saturated heterocycles. The van der Waals surface area contributed by atoms with Crippen molar-refractivity contribution in [3.8, 4) is 22.1 Å². The highest BCUT2D eigenvalue weighted by atomic mass is 32.1. The van der Waals surface area contributed by atoms with Crippen LogP contribution in [0.2, 0.25) is 0 Å². The molecule has 1 heterocycles. The van der Waals surface area contributed by atoms with Crippen molar-refractivity contribution >= 4 is 11.3 Å². The van der Waals surface area contributed by atoms with Crippen LogP contribution < -0.4 is 5.32 Å². The van der Waals surface area contributed by atoms with Crippen LogP contribution in [0.25, 0.3) is 10.6 Å². The first-order valence-corrected chi connectivity index (χ1v) is 7.11. The number of nitrogens with one attached hydrogen (secondary N) is 1. The van der Waals surface area contributed by atoms with Gasteiger partial charge in [0.25, 0.3) is 0 Å². The Hall–Kier alpha value is -1.66. The average molecular weight is 277 g/mol. The number of hydrogen-bond acceptors (Lipinski definition) is 6. The van der Waals surface area contributed by atoms with Crippen LogP contribution >= 0.6 is 11.3 Å². The van der Waals surface area contributed by atoms with Gasteiger partial charge in [0.2, 0.25) is 0 Å². The zero-order valence-corrected chi connectivity index (χ0v) is 11.2. The van der Waals surface area contributed by atoms with Crippen LogP contribution in [0.4, 0.5) is 0 Å². The molecule has 19 heavy (non-hydrogen) atoms. The van der Waals surface area contributed by atoms with E-state index < -0.39 is 0 Å². The summed E-state index contributed by atoms with van der Waals surface area (Å²) < 4.78 is 0. The third kappa shape index (κ3) is 3.21. The summed E-state index contributed by atoms with van der Waals surface area (Å²) in [5, 5.41) is 32.3. The first kappa shape index (κ1) is 12.4. The highest BCUT2D eigenvalue weighted by Crippen LogP contribution is 2.30. The molecule has 1 fully saturated rings. The van der Waals surface area contributed by atoms with Gasteiger partial charge in [0, 0.05) is 30.6 Å². The summed E-state index contributed by atoms with van der Waals surface area (Å²) in [5.41, 5.74) is 0.691. The van der Waals surface area contributed by atoms with Gasteiger partial charge in [0.1, 0.15) is 21.5 Å². The molecule has 2 aromatic rings. The smallest absolute Gasteiger partial charge is 0.148 e. The monoisotopic (exact) mass is 277 g/mol. The minimum Gasteiger partial charge on any atom is -0.508 e. The Bertz CT molecular complexity index is 561. The van der Waals surface area contributed by atoms with E-state index in [0.717, 1.165) is 18.0 Å². The molecule has 0 aliphatic heterocycles. The standard InChI is InChI=1S/C13H15N3O2S/c17-10-5-8(6-11(18)7-10)13-16-15-12(19-13)3-4-14-9-1-2-9/h5-7,9,14,17-18H,1-4H2. The SMILES string of the molecule is Oc1cc(O)cc(-c2nnc(CCNC3CC3)s2)c1. The van der Waals surface area contributed by atoms with Gasteiger partial charge in [-0.1, -0.05) is 11.3 Å². The van der Waals surface area contributed by atoms with Crippen molar-refractivity contribution in [1.82, 2.24) is 15.5 Å². The van der Waals surface area contributed by atoms with Crippen molar-refractivity contribution in [3.63, 3.8) is 0 Å². The molecule has 0 amide bonds. The predicted molar refractivity (Wildman–Crippen MR) is 73.4 cm³/mol. The van der Waals surface area contributed by atoms with Crippen LogP contribution in [0.1, 0.15) is 17.8 Å². The van der Waals surface area contributed by atoms with Crippen molar-refractivity contribution in [1.29, 1.82) is 0 Å². The molecule has 1 aliphatic rings. The van der Waals surface area contributed by atoms with Crippen molar-refractivity contribution in [2.45, 2.75) is 25.3 Å². The topological polar surface area (TPSA) is 78.3 Å². The number of phenols is 2. The number of hydrogen-bond donors (Lipinski definition) is 3. The van der Waals surface area contributed by atoms with E-state index in [1.807, 2.05) is 0 Å². The Morgan fingerprint density at radius 1 is 1.16 bits per heavy atom. The number of rotatable bonds is 5. The normalized spacial score (nSPS) is 14.7. The summed E-state index contributed by atoms with van der Waals surface area (Å²) in [6, 6.07) is 5.15. The second-order valence-corrected chi connectivity index (χ2v) is 5.78. The second-order valence-electron chi connectivity index (χ2n) is 4.72. The Kier molecular flexibility index (Phi) is 3.35. The molecular formula is C13H15N3O2S. The molecular weight excluding hydrogens is 262 g/mol. The lowest BCUT2D eigenvalue weighted by atomic mass is 10.2. The van der Waals surface area contributed by atoms with Crippen molar-refractivity contribution in [3.05, 3.63) is 23.2 Å². The molecule has 0 unspecified atom stereocenters. The van der Waals surface area contributed by atoms with Crippen LogP contribution in [0, 0.1) is 0 Å². The van der Waals surface area contributed by atoms with Crippen LogP contribution in [-0.2, 0) is 6.42 Å². The Morgan fingerprint density at radius 2 is 1.89 bits per heavy atom. The summed E-state index contributed by atoms with van der Waals surface area (Å²) in [6.07, 6.45) is 3.42. The van der Waals surface area contributed by atoms with Crippen molar-refractivity contribution in [2.75, 3.05) is 6.54 Å². The maximum Gasteiger partial charge on any atom is 0.148 e. The predicted octanol–water partition coefficient (Wildman–Crippen LogP) is 1.91. The second kappa shape index (κ2) is 5.14. The maximum atomic E-state index is 9.46. The zero-order valence-electron chi connectivity index (χ0n) is 10.3. The third-order valence-electron chi connectivity index (χ3n) is 2.97. The lowest BCUT2D eigenvalue weighted by Gasteiger charge is -1.99. The number of benzene rings is 1. The molecule has 0 atom stereocenters. The molecule has 1 aromatic carbocycles. The van der Waals surface area contributed by atoms with E-state index in [1.165, 1.54) is 30.2 Å². The van der Waals surface area contributed by atoms with Gasteiger partial charge >= 0.3 is 0 Å². The van der Waals surface area contributed by atoms with Crippen molar-refractivity contribution in [2.24, 2.45) is 0 Å². The highest BCUT2D eigenvalue weighted by molar-refractivity contribution is 7.14. The minimum absolute atomic E-state index is 0.0298. The fourth-order valence-corrected chi connectivity index (χ4v) is 2.69. The molecule has 3 N–H and O–H groups in total. The van der Waals surface area contributed by atoms with Crippen LogP contribution in [0.5, 0.6) is 11.5 Å². The van der Waals surface area contributed by atoms with Crippen LogP contribution in [0.15, 0.2) is 18.2 Å². The minimum atomic E-state index is 0.0298. The Balaban J connectivity index is 1.68. The molecule has 1 saturated carbocycles. The van der Waals surface area contributed by atoms with E-state index in [0.29, 0.717) is 16.6 Å². The largest absolute Gasteiger partial charge is 0.508 e. The summed E-state index contributed by atoms with van der Waals surface area (Å²) in [4.78, 5) is 0. The summed E-state index contributed by atoms with van der Waals surface area (Å²) in [5.74, 6) is 0.0595. The lowest BCUT2D eigenvalue weighted by Crippen LogP contribution is -2.19. The molecule has 3 rings (SSSR count). The fourth-order valence-electron chi connectivity index (χ4n) is 1.86. The van der Waals surface area contributed by atoms with Gasteiger partial charge in [0.15, 0.2) is 0 Å². The Labute approximate surface area is 114 Å². The number of phenolic OH excluding ortho intramolecular Hbond substituents is 2. The van der Waals surface area contributed by atoms with Gasteiger partial charge in [-0.25, -0.2) is 0 Å². The van der Waals surface area contributed by atoms with Gasteiger partial charge < -0.3 is 15.5 Å². The number of aromatic nitrogens is 2. The first-order chi connectivity index (χ1) is 9.20. The van der Waals surface area contributed by atoms with Gasteiger partial charge in [-0.2, -0.15) is 0 Å². The molecule has 1 aliphatic carbocycles. The molecule has 6 heteroatoms. The number of aromatic hydroxyl groups is 2. The summed E-state index contributed by atoms with van der Waals surface area (Å²) in [6.45, 7) is 0.921. The van der Waals surface area contributed by atoms with E-state index in [-0.39, 0.29) is 11.5 Å². The van der Waals surface area contributed by atoms with E-state index in [2.05, 4.69) is 15.5 Å². The maximum absolute atomic E-state index is 9.46. The quantitative estimate of drug-likeness (QED) is 0.778. The molecule has 5 nitrogen and oxygen atoms in total. The van der Waals surface area contributed by atoms with Crippen molar-refractivity contribution < 1.29 is 10.2 Å². The average Bonchev–Trinajstić information content (AvgIpc) is 3.04.